The number of carbonyl (C=O) groups excluding carboxylic acids is 1. The molecule has 3 rings (SSSR count). The van der Waals surface area contributed by atoms with Crippen LogP contribution in [-0.2, 0) is 25.3 Å². The van der Waals surface area contributed by atoms with Crippen LogP contribution in [0.2, 0.25) is 0 Å². The molecule has 6 nitrogen and oxygen atoms in total. The first-order valence-corrected chi connectivity index (χ1v) is 8.24. The molecule has 130 valence electrons. The van der Waals surface area contributed by atoms with Crippen LogP contribution in [0.5, 0.6) is 0 Å². The van der Waals surface area contributed by atoms with Crippen molar-refractivity contribution in [3.8, 4) is 0 Å². The summed E-state index contributed by atoms with van der Waals surface area (Å²) < 4.78 is 2.35. The molecule has 1 aromatic heterocycles. The van der Waals surface area contributed by atoms with Gasteiger partial charge >= 0.3 is 5.69 Å². The molecule has 0 saturated heterocycles. The normalized spacial score (nSPS) is 14.0. The molecule has 0 spiro atoms. The first kappa shape index (κ1) is 17.0. The predicted octanol–water partition coefficient (Wildman–Crippen LogP) is 1.39. The summed E-state index contributed by atoms with van der Waals surface area (Å²) in [5, 5.41) is 0. The van der Waals surface area contributed by atoms with Gasteiger partial charge in [0.1, 0.15) is 0 Å². The first-order chi connectivity index (χ1) is 11.9. The van der Waals surface area contributed by atoms with Crippen LogP contribution >= 0.6 is 0 Å². The molecular formula is C19H21N3O3. The van der Waals surface area contributed by atoms with E-state index in [1.54, 1.807) is 11.9 Å². The Hall–Kier alpha value is -2.89. The summed E-state index contributed by atoms with van der Waals surface area (Å²) in [5.74, 6) is -0.166. The fourth-order valence-electron chi connectivity index (χ4n) is 3.16. The Kier molecular flexibility index (Phi) is 4.44. The number of amides is 1. The highest BCUT2D eigenvalue weighted by molar-refractivity contribution is 6.04. The van der Waals surface area contributed by atoms with Gasteiger partial charge in [0.15, 0.2) is 0 Å². The third-order valence-corrected chi connectivity index (χ3v) is 4.50. The lowest BCUT2D eigenvalue weighted by Gasteiger charge is -2.29. The summed E-state index contributed by atoms with van der Waals surface area (Å²) >= 11 is 0. The van der Waals surface area contributed by atoms with Crippen LogP contribution in [-0.4, -0.2) is 21.6 Å². The van der Waals surface area contributed by atoms with E-state index in [9.17, 15) is 14.4 Å². The van der Waals surface area contributed by atoms with Gasteiger partial charge in [0.2, 0.25) is 0 Å². The molecule has 0 N–H and O–H groups in total. The topological polar surface area (TPSA) is 64.3 Å². The Morgan fingerprint density at radius 1 is 1.20 bits per heavy atom. The van der Waals surface area contributed by atoms with E-state index in [4.69, 9.17) is 0 Å². The van der Waals surface area contributed by atoms with Crippen molar-refractivity contribution in [1.29, 1.82) is 0 Å². The van der Waals surface area contributed by atoms with Crippen molar-refractivity contribution < 1.29 is 4.79 Å². The third kappa shape index (κ3) is 3.20. The summed E-state index contributed by atoms with van der Waals surface area (Å²) in [4.78, 5) is 38.2. The maximum Gasteiger partial charge on any atom is 0.330 e. The number of carbonyl (C=O) groups is 1. The Morgan fingerprint density at radius 2 is 1.96 bits per heavy atom. The lowest BCUT2D eigenvalue weighted by Crippen LogP contribution is -2.37. The van der Waals surface area contributed by atoms with E-state index >= 15 is 0 Å². The van der Waals surface area contributed by atoms with Crippen molar-refractivity contribution in [2.24, 2.45) is 14.1 Å². The molecule has 1 aliphatic rings. The summed E-state index contributed by atoms with van der Waals surface area (Å²) in [6.07, 6.45) is 6.20. The molecule has 0 radical (unpaired) electrons. The number of rotatable bonds is 2. The van der Waals surface area contributed by atoms with Gasteiger partial charge < -0.3 is 9.47 Å². The Labute approximate surface area is 145 Å². The second-order valence-electron chi connectivity index (χ2n) is 6.40. The van der Waals surface area contributed by atoms with Crippen molar-refractivity contribution in [2.75, 3.05) is 11.4 Å². The van der Waals surface area contributed by atoms with Gasteiger partial charge in [-0.2, -0.15) is 0 Å². The largest absolute Gasteiger partial charge is 0.330 e. The highest BCUT2D eigenvalue weighted by atomic mass is 16.2. The number of anilines is 1. The summed E-state index contributed by atoms with van der Waals surface area (Å²) in [6, 6.07) is 6.08. The zero-order valence-electron chi connectivity index (χ0n) is 14.7. The van der Waals surface area contributed by atoms with Crippen molar-refractivity contribution in [2.45, 2.75) is 19.8 Å². The number of hydrogen-bond donors (Lipinski definition) is 0. The molecule has 2 aromatic rings. The Bertz CT molecular complexity index is 982. The highest BCUT2D eigenvalue weighted by Crippen LogP contribution is 2.28. The smallest absolute Gasteiger partial charge is 0.309 e. The van der Waals surface area contributed by atoms with Gasteiger partial charge in [0.05, 0.1) is 5.56 Å². The zero-order valence-corrected chi connectivity index (χ0v) is 14.7. The molecule has 2 heterocycles. The summed E-state index contributed by atoms with van der Waals surface area (Å²) in [6.45, 7) is 2.70. The molecule has 6 heteroatoms. The van der Waals surface area contributed by atoms with Crippen LogP contribution in [0.15, 0.2) is 40.1 Å². The van der Waals surface area contributed by atoms with Crippen molar-refractivity contribution >= 4 is 17.7 Å². The minimum absolute atomic E-state index is 0.166. The van der Waals surface area contributed by atoms with Crippen LogP contribution in [0, 0.1) is 6.92 Å². The highest BCUT2D eigenvalue weighted by Gasteiger charge is 2.20. The second kappa shape index (κ2) is 6.55. The molecule has 0 aliphatic carbocycles. The number of fused-ring (bicyclic) bond motifs is 1. The quantitative estimate of drug-likeness (QED) is 0.777. The molecule has 1 aromatic carbocycles. The molecule has 0 atom stereocenters. The van der Waals surface area contributed by atoms with E-state index < -0.39 is 11.2 Å². The number of hydrogen-bond acceptors (Lipinski definition) is 3. The predicted molar refractivity (Wildman–Crippen MR) is 97.8 cm³/mol. The number of nitrogens with zero attached hydrogens (tertiary/aromatic N) is 3. The molecular weight excluding hydrogens is 318 g/mol. The van der Waals surface area contributed by atoms with Gasteiger partial charge in [0.25, 0.3) is 11.5 Å². The maximum atomic E-state index is 12.6. The van der Waals surface area contributed by atoms with Crippen LogP contribution in [0.25, 0.3) is 6.08 Å². The average Bonchev–Trinajstić information content (AvgIpc) is 2.60. The second-order valence-corrected chi connectivity index (χ2v) is 6.40. The maximum absolute atomic E-state index is 12.6. The standard InChI is InChI=1S/C19H21N3O3/c1-13-6-8-16-14(11-13)5-4-10-22(16)17(23)9-7-15-12-20(2)19(25)21(3)18(15)24/h6-9,11-12H,4-5,10H2,1-3H3/b9-7+. The lowest BCUT2D eigenvalue weighted by atomic mass is 9.99. The van der Waals surface area contributed by atoms with Gasteiger partial charge in [-0.25, -0.2) is 4.79 Å². The fraction of sp³-hybridized carbons (Fsp3) is 0.316. The minimum atomic E-state index is -0.415. The van der Waals surface area contributed by atoms with Crippen LogP contribution in [0.3, 0.4) is 0 Å². The summed E-state index contributed by atoms with van der Waals surface area (Å²) in [5.41, 5.74) is 2.78. The lowest BCUT2D eigenvalue weighted by molar-refractivity contribution is -0.114. The van der Waals surface area contributed by atoms with E-state index in [1.165, 1.54) is 41.1 Å². The molecule has 1 amide bonds. The van der Waals surface area contributed by atoms with Crippen molar-refractivity contribution in [3.05, 3.63) is 68.0 Å². The van der Waals surface area contributed by atoms with Gasteiger partial charge in [-0.15, -0.1) is 0 Å². The Morgan fingerprint density at radius 3 is 2.72 bits per heavy atom. The van der Waals surface area contributed by atoms with E-state index in [0.717, 1.165) is 23.1 Å². The minimum Gasteiger partial charge on any atom is -0.309 e. The van der Waals surface area contributed by atoms with Gasteiger partial charge in [-0.3, -0.25) is 14.2 Å². The molecule has 25 heavy (non-hydrogen) atoms. The molecule has 0 unspecified atom stereocenters. The van der Waals surface area contributed by atoms with E-state index in [1.807, 2.05) is 19.1 Å². The van der Waals surface area contributed by atoms with Crippen LogP contribution in [0.1, 0.15) is 23.1 Å². The van der Waals surface area contributed by atoms with Gasteiger partial charge in [-0.05, 0) is 37.5 Å². The third-order valence-electron chi connectivity index (χ3n) is 4.50. The fourth-order valence-corrected chi connectivity index (χ4v) is 3.16. The number of benzene rings is 1. The molecule has 0 bridgehead atoms. The molecule has 1 aliphatic heterocycles. The number of aryl methyl sites for hydroxylation is 3. The molecule has 0 fully saturated rings. The van der Waals surface area contributed by atoms with Crippen LogP contribution in [0.4, 0.5) is 5.69 Å². The monoisotopic (exact) mass is 339 g/mol. The molecule has 0 saturated carbocycles. The van der Waals surface area contributed by atoms with E-state index in [0.29, 0.717) is 12.1 Å². The SMILES string of the molecule is Cc1ccc2c(c1)CCCN2C(=O)/C=C/c1cn(C)c(=O)n(C)c1=O. The van der Waals surface area contributed by atoms with E-state index in [-0.39, 0.29) is 5.91 Å². The van der Waals surface area contributed by atoms with Crippen LogP contribution < -0.4 is 16.1 Å². The van der Waals surface area contributed by atoms with Gasteiger partial charge in [0, 0.05) is 38.6 Å². The average molecular weight is 339 g/mol. The number of aromatic nitrogens is 2. The van der Waals surface area contributed by atoms with Gasteiger partial charge in [-0.1, -0.05) is 17.7 Å². The summed E-state index contributed by atoms with van der Waals surface area (Å²) in [7, 11) is 3.00. The first-order valence-electron chi connectivity index (χ1n) is 8.24. The van der Waals surface area contributed by atoms with Crippen molar-refractivity contribution in [1.82, 2.24) is 9.13 Å². The van der Waals surface area contributed by atoms with E-state index in [2.05, 4.69) is 6.07 Å². The Balaban J connectivity index is 1.91. The zero-order chi connectivity index (χ0) is 18.1. The van der Waals surface area contributed by atoms with Crippen molar-refractivity contribution in [3.63, 3.8) is 0 Å².